The Bertz CT molecular complexity index is 972. The monoisotopic (exact) mass is 363 g/mol. The number of anilines is 2. The molecule has 0 N–H and O–H groups in total. The van der Waals surface area contributed by atoms with Crippen LogP contribution in [0.2, 0.25) is 0 Å². The molecule has 4 aromatic rings. The van der Waals surface area contributed by atoms with Crippen LogP contribution in [0.3, 0.4) is 0 Å². The molecule has 5 heterocycles. The first-order valence-corrected chi connectivity index (χ1v) is 9.36. The number of fused-ring (bicyclic) bond motifs is 1. The van der Waals surface area contributed by atoms with E-state index in [1.807, 2.05) is 47.4 Å². The first-order valence-electron chi connectivity index (χ1n) is 8.54. The molecule has 0 spiro atoms. The van der Waals surface area contributed by atoms with Gasteiger partial charge in [0.25, 0.3) is 0 Å². The third-order valence-electron chi connectivity index (χ3n) is 4.51. The van der Waals surface area contributed by atoms with Gasteiger partial charge in [0.2, 0.25) is 10.1 Å². The maximum atomic E-state index is 4.72. The summed E-state index contributed by atoms with van der Waals surface area (Å²) in [7, 11) is 0. The molecule has 130 valence electrons. The van der Waals surface area contributed by atoms with Crippen LogP contribution in [-0.2, 0) is 0 Å². The van der Waals surface area contributed by atoms with Gasteiger partial charge in [-0.25, -0.2) is 14.5 Å². The lowest BCUT2D eigenvalue weighted by Crippen LogP contribution is -2.46. The highest BCUT2D eigenvalue weighted by Crippen LogP contribution is 2.27. The number of aromatic nitrogens is 5. The second kappa shape index (κ2) is 6.38. The minimum absolute atomic E-state index is 0.906. The third kappa shape index (κ3) is 2.78. The van der Waals surface area contributed by atoms with E-state index in [0.717, 1.165) is 53.3 Å². The number of imidazole rings is 1. The average Bonchev–Trinajstić information content (AvgIpc) is 3.29. The summed E-state index contributed by atoms with van der Waals surface area (Å²) in [5.41, 5.74) is 1.92. The van der Waals surface area contributed by atoms with Crippen molar-refractivity contribution < 1.29 is 0 Å². The Kier molecular flexibility index (Phi) is 3.75. The largest absolute Gasteiger partial charge is 0.353 e. The highest BCUT2D eigenvalue weighted by Gasteiger charge is 2.21. The predicted octanol–water partition coefficient (Wildman–Crippen LogP) is 2.57. The molecule has 26 heavy (non-hydrogen) atoms. The molecule has 1 aliphatic rings. The summed E-state index contributed by atoms with van der Waals surface area (Å²) in [6, 6.07) is 9.97. The minimum atomic E-state index is 0.906. The van der Waals surface area contributed by atoms with Gasteiger partial charge in [0.15, 0.2) is 0 Å². The first-order chi connectivity index (χ1) is 12.9. The van der Waals surface area contributed by atoms with Gasteiger partial charge in [-0.1, -0.05) is 17.4 Å². The van der Waals surface area contributed by atoms with Crippen LogP contribution in [0.15, 0.2) is 55.1 Å². The van der Waals surface area contributed by atoms with Gasteiger partial charge in [0.05, 0.1) is 11.9 Å². The topological polar surface area (TPSA) is 62.5 Å². The second-order valence-electron chi connectivity index (χ2n) is 6.14. The van der Waals surface area contributed by atoms with Crippen molar-refractivity contribution in [3.05, 3.63) is 55.1 Å². The van der Waals surface area contributed by atoms with Crippen LogP contribution in [0.1, 0.15) is 0 Å². The lowest BCUT2D eigenvalue weighted by atomic mass is 10.2. The predicted molar refractivity (Wildman–Crippen MR) is 103 cm³/mol. The van der Waals surface area contributed by atoms with E-state index < -0.39 is 0 Å². The van der Waals surface area contributed by atoms with Crippen LogP contribution in [0.4, 0.5) is 10.9 Å². The highest BCUT2D eigenvalue weighted by molar-refractivity contribution is 7.20. The van der Waals surface area contributed by atoms with E-state index in [2.05, 4.69) is 25.8 Å². The Hall–Kier alpha value is -3.00. The van der Waals surface area contributed by atoms with Crippen molar-refractivity contribution in [1.29, 1.82) is 0 Å². The molecule has 5 rings (SSSR count). The van der Waals surface area contributed by atoms with Gasteiger partial charge < -0.3 is 9.80 Å². The van der Waals surface area contributed by atoms with Crippen molar-refractivity contribution in [3.8, 4) is 11.3 Å². The number of rotatable bonds is 3. The van der Waals surface area contributed by atoms with Crippen LogP contribution < -0.4 is 9.80 Å². The van der Waals surface area contributed by atoms with Crippen molar-refractivity contribution in [2.75, 3.05) is 36.0 Å². The van der Waals surface area contributed by atoms with E-state index in [4.69, 9.17) is 10.1 Å². The minimum Gasteiger partial charge on any atom is -0.353 e. The summed E-state index contributed by atoms with van der Waals surface area (Å²) < 4.78 is 1.87. The molecule has 0 aliphatic carbocycles. The van der Waals surface area contributed by atoms with E-state index in [1.165, 1.54) is 0 Å². The molecular formula is C18H17N7S. The Morgan fingerprint density at radius 2 is 1.81 bits per heavy atom. The fraction of sp³-hybridized carbons (Fsp3) is 0.222. The highest BCUT2D eigenvalue weighted by atomic mass is 32.1. The summed E-state index contributed by atoms with van der Waals surface area (Å²) >= 11 is 1.63. The maximum absolute atomic E-state index is 4.72. The molecule has 0 radical (unpaired) electrons. The number of pyridine rings is 2. The van der Waals surface area contributed by atoms with E-state index in [9.17, 15) is 0 Å². The van der Waals surface area contributed by atoms with Crippen molar-refractivity contribution in [2.24, 2.45) is 0 Å². The van der Waals surface area contributed by atoms with Gasteiger partial charge in [0, 0.05) is 50.3 Å². The molecule has 0 unspecified atom stereocenters. The zero-order chi connectivity index (χ0) is 17.3. The molecule has 4 aromatic heterocycles. The summed E-state index contributed by atoms with van der Waals surface area (Å²) in [6.45, 7) is 3.76. The number of hydrogen-bond acceptors (Lipinski definition) is 7. The van der Waals surface area contributed by atoms with Crippen LogP contribution in [0.5, 0.6) is 0 Å². The van der Waals surface area contributed by atoms with E-state index in [0.29, 0.717) is 0 Å². The van der Waals surface area contributed by atoms with Gasteiger partial charge in [-0.3, -0.25) is 4.98 Å². The van der Waals surface area contributed by atoms with Crippen LogP contribution in [0, 0.1) is 0 Å². The fourth-order valence-corrected chi connectivity index (χ4v) is 4.07. The van der Waals surface area contributed by atoms with Gasteiger partial charge >= 0.3 is 0 Å². The Morgan fingerprint density at radius 1 is 0.923 bits per heavy atom. The van der Waals surface area contributed by atoms with E-state index in [1.54, 1.807) is 17.5 Å². The van der Waals surface area contributed by atoms with Crippen molar-refractivity contribution in [3.63, 3.8) is 0 Å². The van der Waals surface area contributed by atoms with Crippen molar-refractivity contribution in [2.45, 2.75) is 0 Å². The summed E-state index contributed by atoms with van der Waals surface area (Å²) in [6.07, 6.45) is 7.40. The molecule has 0 atom stereocenters. The summed E-state index contributed by atoms with van der Waals surface area (Å²) in [5, 5.41) is 5.74. The zero-order valence-electron chi connectivity index (χ0n) is 14.1. The smallest absolute Gasteiger partial charge is 0.214 e. The number of nitrogens with zero attached hydrogens (tertiary/aromatic N) is 7. The maximum Gasteiger partial charge on any atom is 0.214 e. The second-order valence-corrected chi connectivity index (χ2v) is 7.08. The van der Waals surface area contributed by atoms with Crippen molar-refractivity contribution >= 4 is 27.2 Å². The third-order valence-corrected chi connectivity index (χ3v) is 5.50. The van der Waals surface area contributed by atoms with Gasteiger partial charge in [-0.2, -0.15) is 0 Å². The van der Waals surface area contributed by atoms with Crippen LogP contribution in [-0.4, -0.2) is 50.7 Å². The summed E-state index contributed by atoms with van der Waals surface area (Å²) in [4.78, 5) is 18.8. The standard InChI is InChI=1S/C18H17N7S/c1-2-7-20-16(5-1)23-8-10-24(11-9-23)18-22-25-13-15(21-17(25)26-18)14-4-3-6-19-12-14/h1-7,12-13H,8-11H2. The zero-order valence-corrected chi connectivity index (χ0v) is 14.9. The number of piperazine rings is 1. The fourth-order valence-electron chi connectivity index (χ4n) is 3.14. The molecule has 1 fully saturated rings. The molecule has 0 aromatic carbocycles. The van der Waals surface area contributed by atoms with Crippen LogP contribution >= 0.6 is 11.3 Å². The van der Waals surface area contributed by atoms with Gasteiger partial charge in [-0.15, -0.1) is 5.10 Å². The molecule has 1 saturated heterocycles. The lowest BCUT2D eigenvalue weighted by Gasteiger charge is -2.34. The summed E-state index contributed by atoms with van der Waals surface area (Å²) in [5.74, 6) is 1.04. The van der Waals surface area contributed by atoms with E-state index >= 15 is 0 Å². The molecule has 7 nitrogen and oxygen atoms in total. The Labute approximate surface area is 154 Å². The molecule has 1 aliphatic heterocycles. The first kappa shape index (κ1) is 15.3. The van der Waals surface area contributed by atoms with E-state index in [-0.39, 0.29) is 0 Å². The SMILES string of the molecule is c1ccc(N2CCN(c3nn4cc(-c5cccnc5)nc4s3)CC2)nc1. The molecule has 0 saturated carbocycles. The quantitative estimate of drug-likeness (QED) is 0.557. The van der Waals surface area contributed by atoms with Crippen LogP contribution in [0.25, 0.3) is 16.2 Å². The Balaban J connectivity index is 1.32. The molecule has 8 heteroatoms. The number of hydrogen-bond donors (Lipinski definition) is 0. The molecule has 0 bridgehead atoms. The molecular weight excluding hydrogens is 346 g/mol. The Morgan fingerprint density at radius 3 is 2.54 bits per heavy atom. The average molecular weight is 363 g/mol. The lowest BCUT2D eigenvalue weighted by molar-refractivity contribution is 0.642. The van der Waals surface area contributed by atoms with Gasteiger partial charge in [-0.05, 0) is 24.3 Å². The molecule has 0 amide bonds. The normalized spacial score (nSPS) is 14.9. The van der Waals surface area contributed by atoms with Crippen molar-refractivity contribution in [1.82, 2.24) is 24.6 Å². The van der Waals surface area contributed by atoms with Gasteiger partial charge in [0.1, 0.15) is 5.82 Å².